The molecule has 0 spiro atoms. The Morgan fingerprint density at radius 2 is 1.88 bits per heavy atom. The minimum absolute atomic E-state index is 0.0816. The van der Waals surface area contributed by atoms with Gasteiger partial charge in [0.1, 0.15) is 5.52 Å². The fourth-order valence-electron chi connectivity index (χ4n) is 2.47. The zero-order chi connectivity index (χ0) is 18.9. The molecular weight excluding hydrogens is 369 g/mol. The van der Waals surface area contributed by atoms with Gasteiger partial charge in [0.25, 0.3) is 0 Å². The van der Waals surface area contributed by atoms with E-state index >= 15 is 0 Å². The van der Waals surface area contributed by atoms with Gasteiger partial charge in [-0.1, -0.05) is 23.7 Å². The van der Waals surface area contributed by atoms with Crippen molar-refractivity contribution in [3.63, 3.8) is 0 Å². The average molecular weight is 381 g/mol. The molecule has 0 atom stereocenters. The van der Waals surface area contributed by atoms with Crippen LogP contribution in [0.25, 0.3) is 10.9 Å². The Hall–Kier alpha value is -2.80. The predicted molar refractivity (Wildman–Crippen MR) is 92.2 cm³/mol. The van der Waals surface area contributed by atoms with Crippen molar-refractivity contribution in [2.75, 3.05) is 5.32 Å². The molecule has 0 bridgehead atoms. The fourth-order valence-corrected chi connectivity index (χ4v) is 2.74. The molecule has 0 fully saturated rings. The van der Waals surface area contributed by atoms with Crippen molar-refractivity contribution in [3.05, 3.63) is 64.8 Å². The summed E-state index contributed by atoms with van der Waals surface area (Å²) in [6.07, 6.45) is -3.11. The van der Waals surface area contributed by atoms with E-state index in [0.29, 0.717) is 16.0 Å². The summed E-state index contributed by atoms with van der Waals surface area (Å²) in [4.78, 5) is 16.2. The van der Waals surface area contributed by atoms with Crippen molar-refractivity contribution in [2.45, 2.75) is 12.6 Å². The molecule has 3 aromatic rings. The molecule has 1 heterocycles. The molecule has 0 radical (unpaired) electrons. The van der Waals surface area contributed by atoms with Crippen molar-refractivity contribution in [2.24, 2.45) is 0 Å². The highest BCUT2D eigenvalue weighted by molar-refractivity contribution is 6.36. The molecule has 2 N–H and O–H groups in total. The van der Waals surface area contributed by atoms with Crippen molar-refractivity contribution in [1.29, 1.82) is 0 Å². The second-order valence-electron chi connectivity index (χ2n) is 5.57. The van der Waals surface area contributed by atoms with E-state index in [9.17, 15) is 23.1 Å². The number of amides is 1. The smallest absolute Gasteiger partial charge is 0.416 e. The van der Waals surface area contributed by atoms with Crippen LogP contribution >= 0.6 is 11.6 Å². The van der Waals surface area contributed by atoms with Crippen molar-refractivity contribution in [1.82, 2.24) is 4.98 Å². The lowest BCUT2D eigenvalue weighted by Gasteiger charge is -2.11. The van der Waals surface area contributed by atoms with E-state index in [1.807, 2.05) is 0 Å². The van der Waals surface area contributed by atoms with Gasteiger partial charge in [-0.3, -0.25) is 9.78 Å². The molecule has 2 aromatic carbocycles. The number of hydrogen-bond acceptors (Lipinski definition) is 3. The van der Waals surface area contributed by atoms with E-state index in [2.05, 4.69) is 10.3 Å². The third-order valence-corrected chi connectivity index (χ3v) is 4.05. The Kier molecular flexibility index (Phi) is 4.73. The predicted octanol–water partition coefficient (Wildman–Crippen LogP) is 4.79. The van der Waals surface area contributed by atoms with Crippen LogP contribution in [-0.4, -0.2) is 16.0 Å². The third kappa shape index (κ3) is 3.72. The van der Waals surface area contributed by atoms with Crippen molar-refractivity contribution >= 4 is 34.1 Å². The van der Waals surface area contributed by atoms with Crippen LogP contribution in [0.2, 0.25) is 5.02 Å². The molecule has 1 amide bonds. The summed E-state index contributed by atoms with van der Waals surface area (Å²) < 4.78 is 37.7. The second-order valence-corrected chi connectivity index (χ2v) is 5.98. The quantitative estimate of drug-likeness (QED) is 0.642. The third-order valence-electron chi connectivity index (χ3n) is 3.74. The highest BCUT2D eigenvalue weighted by Gasteiger charge is 2.30. The molecule has 0 unspecified atom stereocenters. The van der Waals surface area contributed by atoms with Gasteiger partial charge in [-0.2, -0.15) is 13.2 Å². The van der Waals surface area contributed by atoms with Crippen LogP contribution in [0.15, 0.2) is 48.7 Å². The SMILES string of the molecule is O=C(Cc1ccc(C(F)(F)F)cc1)Nc1cc(Cl)c2cccnc2c1O. The summed E-state index contributed by atoms with van der Waals surface area (Å²) in [6.45, 7) is 0. The van der Waals surface area contributed by atoms with Crippen LogP contribution in [-0.2, 0) is 17.4 Å². The first-order chi connectivity index (χ1) is 12.3. The standard InChI is InChI=1S/C18H12ClF3N2O2/c19-13-9-14(17(26)16-12(13)2-1-7-23-16)24-15(25)8-10-3-5-11(6-4-10)18(20,21)22/h1-7,9,26H,8H2,(H,24,25). The van der Waals surface area contributed by atoms with Crippen LogP contribution < -0.4 is 5.32 Å². The van der Waals surface area contributed by atoms with Gasteiger partial charge in [0.15, 0.2) is 5.75 Å². The molecule has 0 aliphatic rings. The average Bonchev–Trinajstić information content (AvgIpc) is 2.59. The maximum Gasteiger partial charge on any atom is 0.416 e. The Labute approximate surface area is 151 Å². The molecule has 3 rings (SSSR count). The zero-order valence-electron chi connectivity index (χ0n) is 13.1. The number of fused-ring (bicyclic) bond motifs is 1. The number of phenolic OH excluding ortho intramolecular Hbond substituents is 1. The Morgan fingerprint density at radius 1 is 1.19 bits per heavy atom. The molecule has 134 valence electrons. The summed E-state index contributed by atoms with van der Waals surface area (Å²) in [5.41, 5.74) is -0.0605. The highest BCUT2D eigenvalue weighted by atomic mass is 35.5. The Morgan fingerprint density at radius 3 is 2.54 bits per heavy atom. The lowest BCUT2D eigenvalue weighted by atomic mass is 10.1. The maximum absolute atomic E-state index is 12.6. The lowest BCUT2D eigenvalue weighted by Crippen LogP contribution is -2.15. The molecule has 26 heavy (non-hydrogen) atoms. The van der Waals surface area contributed by atoms with Gasteiger partial charge < -0.3 is 10.4 Å². The number of anilines is 1. The van der Waals surface area contributed by atoms with Crippen LogP contribution in [0.1, 0.15) is 11.1 Å². The van der Waals surface area contributed by atoms with Crippen LogP contribution in [0.3, 0.4) is 0 Å². The Bertz CT molecular complexity index is 973. The number of pyridine rings is 1. The number of hydrogen-bond donors (Lipinski definition) is 2. The van der Waals surface area contributed by atoms with Gasteiger partial charge in [0.05, 0.1) is 22.7 Å². The fraction of sp³-hybridized carbons (Fsp3) is 0.111. The molecule has 0 saturated heterocycles. The van der Waals surface area contributed by atoms with Gasteiger partial charge in [0.2, 0.25) is 5.91 Å². The van der Waals surface area contributed by atoms with Crippen LogP contribution in [0.4, 0.5) is 18.9 Å². The van der Waals surface area contributed by atoms with Crippen molar-refractivity contribution < 1.29 is 23.1 Å². The second kappa shape index (κ2) is 6.84. The van der Waals surface area contributed by atoms with E-state index in [4.69, 9.17) is 11.6 Å². The molecule has 8 heteroatoms. The van der Waals surface area contributed by atoms with E-state index in [1.165, 1.54) is 24.4 Å². The van der Waals surface area contributed by atoms with Crippen LogP contribution in [0.5, 0.6) is 5.75 Å². The number of carbonyl (C=O) groups is 1. The topological polar surface area (TPSA) is 62.2 Å². The number of carbonyl (C=O) groups excluding carboxylic acids is 1. The highest BCUT2D eigenvalue weighted by Crippen LogP contribution is 2.36. The normalized spacial score (nSPS) is 11.5. The number of benzene rings is 2. The lowest BCUT2D eigenvalue weighted by molar-refractivity contribution is -0.137. The number of phenols is 1. The van der Waals surface area contributed by atoms with E-state index in [0.717, 1.165) is 12.1 Å². The van der Waals surface area contributed by atoms with Crippen molar-refractivity contribution in [3.8, 4) is 5.75 Å². The summed E-state index contributed by atoms with van der Waals surface area (Å²) in [6, 6.07) is 9.03. The molecule has 1 aromatic heterocycles. The van der Waals surface area contributed by atoms with Gasteiger partial charge in [-0.25, -0.2) is 0 Å². The van der Waals surface area contributed by atoms with E-state index in [-0.39, 0.29) is 23.4 Å². The maximum atomic E-state index is 12.6. The molecule has 0 aliphatic carbocycles. The summed E-state index contributed by atoms with van der Waals surface area (Å²) in [5.74, 6) is -0.739. The first-order valence-corrected chi connectivity index (χ1v) is 7.85. The molecule has 4 nitrogen and oxygen atoms in total. The summed E-state index contributed by atoms with van der Waals surface area (Å²) in [5, 5.41) is 13.6. The van der Waals surface area contributed by atoms with E-state index in [1.54, 1.807) is 12.1 Å². The van der Waals surface area contributed by atoms with Gasteiger partial charge in [-0.05, 0) is 35.9 Å². The minimum Gasteiger partial charge on any atom is -0.504 e. The van der Waals surface area contributed by atoms with Crippen LogP contribution in [0, 0.1) is 0 Å². The first-order valence-electron chi connectivity index (χ1n) is 7.48. The molecular formula is C18H12ClF3N2O2. The van der Waals surface area contributed by atoms with Gasteiger partial charge >= 0.3 is 6.18 Å². The largest absolute Gasteiger partial charge is 0.504 e. The van der Waals surface area contributed by atoms with Gasteiger partial charge in [-0.15, -0.1) is 0 Å². The monoisotopic (exact) mass is 380 g/mol. The van der Waals surface area contributed by atoms with Gasteiger partial charge in [0, 0.05) is 11.6 Å². The number of aromatic nitrogens is 1. The number of halogens is 4. The number of nitrogens with one attached hydrogen (secondary N) is 1. The first kappa shape index (κ1) is 18.0. The summed E-state index contributed by atoms with van der Waals surface area (Å²) in [7, 11) is 0. The molecule has 0 aliphatic heterocycles. The number of aromatic hydroxyl groups is 1. The number of alkyl halides is 3. The summed E-state index contributed by atoms with van der Waals surface area (Å²) >= 11 is 6.13. The molecule has 0 saturated carbocycles. The number of nitrogens with zero attached hydrogens (tertiary/aromatic N) is 1. The number of rotatable bonds is 3. The minimum atomic E-state index is -4.43. The zero-order valence-corrected chi connectivity index (χ0v) is 13.9. The Balaban J connectivity index is 1.78. The van der Waals surface area contributed by atoms with E-state index < -0.39 is 17.6 Å².